The van der Waals surface area contributed by atoms with Crippen LogP contribution in [0.5, 0.6) is 0 Å². The lowest BCUT2D eigenvalue weighted by atomic mass is 10.2. The topological polar surface area (TPSA) is 44.1 Å². The summed E-state index contributed by atoms with van der Waals surface area (Å²) in [6.45, 7) is 0.525. The summed E-state index contributed by atoms with van der Waals surface area (Å²) in [6.07, 6.45) is 0.403. The van der Waals surface area contributed by atoms with Gasteiger partial charge in [0.25, 0.3) is 0 Å². The van der Waals surface area contributed by atoms with Gasteiger partial charge < -0.3 is 4.90 Å². The highest BCUT2D eigenvalue weighted by Gasteiger charge is 2.30. The van der Waals surface area contributed by atoms with E-state index in [1.807, 2.05) is 6.07 Å². The van der Waals surface area contributed by atoms with E-state index in [-0.39, 0.29) is 11.2 Å². The van der Waals surface area contributed by atoms with Crippen molar-refractivity contribution in [2.75, 3.05) is 11.4 Å². The minimum Gasteiger partial charge on any atom is -0.310 e. The first kappa shape index (κ1) is 11.3. The lowest BCUT2D eigenvalue weighted by molar-refractivity contribution is -0.117. The summed E-state index contributed by atoms with van der Waals surface area (Å²) in [7, 11) is 0. The number of rotatable bonds is 1. The fourth-order valence-corrected chi connectivity index (χ4v) is 2.30. The van der Waals surface area contributed by atoms with Crippen molar-refractivity contribution in [3.63, 3.8) is 0 Å². The van der Waals surface area contributed by atoms with E-state index < -0.39 is 0 Å². The Labute approximate surface area is 104 Å². The van der Waals surface area contributed by atoms with Crippen molar-refractivity contribution in [1.82, 2.24) is 0 Å². The van der Waals surface area contributed by atoms with E-state index in [1.54, 1.807) is 23.1 Å². The zero-order valence-corrected chi connectivity index (χ0v) is 10.0. The summed E-state index contributed by atoms with van der Waals surface area (Å²) in [5, 5.41) is 9.42. The quantitative estimate of drug-likeness (QED) is 0.779. The van der Waals surface area contributed by atoms with Crippen molar-refractivity contribution >= 4 is 35.8 Å². The maximum Gasteiger partial charge on any atom is 0.228 e. The number of hydrogen-bond acceptors (Lipinski definition) is 3. The molecule has 1 atom stereocenters. The molecule has 1 aromatic carbocycles. The molecule has 0 aliphatic carbocycles. The van der Waals surface area contributed by atoms with Crippen LogP contribution in [-0.2, 0) is 4.79 Å². The van der Waals surface area contributed by atoms with Crippen LogP contribution in [0.2, 0.25) is 5.02 Å². The van der Waals surface area contributed by atoms with Crippen LogP contribution < -0.4 is 4.90 Å². The largest absolute Gasteiger partial charge is 0.310 e. The second-order valence-electron chi connectivity index (χ2n) is 3.61. The van der Waals surface area contributed by atoms with Crippen molar-refractivity contribution in [3.8, 4) is 6.07 Å². The molecule has 0 aromatic heterocycles. The molecule has 1 aliphatic heterocycles. The molecule has 5 heteroatoms. The number of nitrogens with zero attached hydrogens (tertiary/aromatic N) is 2. The van der Waals surface area contributed by atoms with Gasteiger partial charge in [-0.3, -0.25) is 4.79 Å². The van der Waals surface area contributed by atoms with Gasteiger partial charge in [-0.05, 0) is 12.1 Å². The van der Waals surface area contributed by atoms with E-state index in [2.05, 4.69) is 12.6 Å². The first-order chi connectivity index (χ1) is 7.63. The first-order valence-electron chi connectivity index (χ1n) is 4.80. The molecule has 0 N–H and O–H groups in total. The first-order valence-corrected chi connectivity index (χ1v) is 5.70. The Morgan fingerprint density at radius 1 is 1.56 bits per heavy atom. The maximum atomic E-state index is 11.7. The Hall–Kier alpha value is -1.18. The second-order valence-corrected chi connectivity index (χ2v) is 4.75. The molecule has 2 rings (SSSR count). The molecule has 0 spiro atoms. The third-order valence-corrected chi connectivity index (χ3v) is 3.16. The summed E-state index contributed by atoms with van der Waals surface area (Å²) in [5.41, 5.74) is 0.927. The van der Waals surface area contributed by atoms with Crippen LogP contribution in [0.15, 0.2) is 18.2 Å². The molecule has 16 heavy (non-hydrogen) atoms. The molecule has 1 unspecified atom stereocenters. The molecule has 0 radical (unpaired) electrons. The maximum absolute atomic E-state index is 11.7. The normalized spacial score (nSPS) is 19.9. The van der Waals surface area contributed by atoms with Gasteiger partial charge in [0.05, 0.1) is 16.3 Å². The van der Waals surface area contributed by atoms with E-state index in [0.29, 0.717) is 29.2 Å². The van der Waals surface area contributed by atoms with Crippen molar-refractivity contribution < 1.29 is 4.79 Å². The van der Waals surface area contributed by atoms with Crippen LogP contribution in [-0.4, -0.2) is 17.7 Å². The number of hydrogen-bond donors (Lipinski definition) is 1. The molecule has 3 nitrogen and oxygen atoms in total. The Morgan fingerprint density at radius 2 is 2.31 bits per heavy atom. The predicted molar refractivity (Wildman–Crippen MR) is 65.9 cm³/mol. The van der Waals surface area contributed by atoms with Crippen LogP contribution in [0.3, 0.4) is 0 Å². The van der Waals surface area contributed by atoms with Crippen LogP contribution >= 0.6 is 24.2 Å². The van der Waals surface area contributed by atoms with Gasteiger partial charge in [0.15, 0.2) is 0 Å². The summed E-state index contributed by atoms with van der Waals surface area (Å²) < 4.78 is 0. The fourth-order valence-electron chi connectivity index (χ4n) is 1.77. The van der Waals surface area contributed by atoms with E-state index in [1.165, 1.54) is 0 Å². The average Bonchev–Trinajstić information content (AvgIpc) is 2.57. The van der Waals surface area contributed by atoms with Gasteiger partial charge in [0.1, 0.15) is 6.07 Å². The third-order valence-electron chi connectivity index (χ3n) is 2.50. The summed E-state index contributed by atoms with van der Waals surface area (Å²) in [5.74, 6) is -0.0150. The SMILES string of the molecule is N#Cc1c(Cl)cccc1N1CC(S)CC1=O. The van der Waals surface area contributed by atoms with Gasteiger partial charge in [-0.1, -0.05) is 17.7 Å². The summed E-state index contributed by atoms with van der Waals surface area (Å²) in [6, 6.07) is 7.13. The standard InChI is InChI=1S/C11H9ClN2OS/c12-9-2-1-3-10(8(9)5-13)14-6-7(16)4-11(14)15/h1-3,7,16H,4,6H2. The lowest BCUT2D eigenvalue weighted by Crippen LogP contribution is -2.25. The predicted octanol–water partition coefficient (Wildman–Crippen LogP) is 2.25. The van der Waals surface area contributed by atoms with Gasteiger partial charge in [-0.15, -0.1) is 0 Å². The molecule has 1 saturated heterocycles. The number of carbonyl (C=O) groups is 1. The molecule has 82 valence electrons. The highest BCUT2D eigenvalue weighted by molar-refractivity contribution is 7.81. The van der Waals surface area contributed by atoms with E-state index in [9.17, 15) is 4.79 Å². The van der Waals surface area contributed by atoms with Crippen LogP contribution in [0.25, 0.3) is 0 Å². The average molecular weight is 253 g/mol. The van der Waals surface area contributed by atoms with Gasteiger partial charge >= 0.3 is 0 Å². The third kappa shape index (κ3) is 1.89. The number of thiol groups is 1. The monoisotopic (exact) mass is 252 g/mol. The molecule has 1 aromatic rings. The van der Waals surface area contributed by atoms with Gasteiger partial charge in [0, 0.05) is 18.2 Å². The van der Waals surface area contributed by atoms with E-state index in [0.717, 1.165) is 0 Å². The Balaban J connectivity index is 2.45. The number of nitriles is 1. The number of carbonyl (C=O) groups excluding carboxylic acids is 1. The second kappa shape index (κ2) is 4.36. The van der Waals surface area contributed by atoms with Crippen LogP contribution in [0.1, 0.15) is 12.0 Å². The number of amides is 1. The van der Waals surface area contributed by atoms with Crippen molar-refractivity contribution in [3.05, 3.63) is 28.8 Å². The minimum atomic E-state index is -0.0150. The van der Waals surface area contributed by atoms with Crippen molar-refractivity contribution in [2.45, 2.75) is 11.7 Å². The van der Waals surface area contributed by atoms with Gasteiger partial charge in [0.2, 0.25) is 5.91 Å². The summed E-state index contributed by atoms with van der Waals surface area (Å²) in [4.78, 5) is 13.3. The molecule has 1 amide bonds. The highest BCUT2D eigenvalue weighted by Crippen LogP contribution is 2.30. The minimum absolute atomic E-state index is 0.0150. The van der Waals surface area contributed by atoms with E-state index in [4.69, 9.17) is 16.9 Å². The molecular weight excluding hydrogens is 244 g/mol. The molecule has 1 aliphatic rings. The zero-order chi connectivity index (χ0) is 11.7. The van der Waals surface area contributed by atoms with Crippen molar-refractivity contribution in [1.29, 1.82) is 5.26 Å². The Morgan fingerprint density at radius 3 is 2.88 bits per heavy atom. The zero-order valence-electron chi connectivity index (χ0n) is 8.35. The van der Waals surface area contributed by atoms with Gasteiger partial charge in [-0.2, -0.15) is 17.9 Å². The van der Waals surface area contributed by atoms with Crippen LogP contribution in [0.4, 0.5) is 5.69 Å². The van der Waals surface area contributed by atoms with Crippen LogP contribution in [0, 0.1) is 11.3 Å². The van der Waals surface area contributed by atoms with Gasteiger partial charge in [-0.25, -0.2) is 0 Å². The molecule has 0 saturated carbocycles. The molecule has 1 fully saturated rings. The van der Waals surface area contributed by atoms with E-state index >= 15 is 0 Å². The molecular formula is C11H9ClN2OS. The smallest absolute Gasteiger partial charge is 0.228 e. The fraction of sp³-hybridized carbons (Fsp3) is 0.273. The number of benzene rings is 1. The number of anilines is 1. The highest BCUT2D eigenvalue weighted by atomic mass is 35.5. The lowest BCUT2D eigenvalue weighted by Gasteiger charge is -2.17. The Kier molecular flexibility index (Phi) is 3.08. The Bertz CT molecular complexity index is 483. The molecule has 0 bridgehead atoms. The molecule has 1 heterocycles. The number of halogens is 1. The summed E-state index contributed by atoms with van der Waals surface area (Å²) >= 11 is 10.2. The van der Waals surface area contributed by atoms with Crippen molar-refractivity contribution in [2.24, 2.45) is 0 Å².